The average Bonchev–Trinajstić information content (AvgIpc) is 3.47. The SMILES string of the molecule is C=C(F)C(=O)N1CC[C@@H]2[C@H]1CN2c1nc(OC[C@@H]2C[C@@H](F)CN2C)nc2c1CCN(c1cncc3c1CCCC3)C2. The molecule has 0 saturated carbocycles. The van der Waals surface area contributed by atoms with Gasteiger partial charge >= 0.3 is 6.01 Å². The number of carbonyl (C=O) groups excluding carboxylic acids is 1. The van der Waals surface area contributed by atoms with Crippen LogP contribution in [-0.4, -0.2) is 94.8 Å². The number of carbonyl (C=O) groups is 1. The van der Waals surface area contributed by atoms with E-state index in [1.165, 1.54) is 29.7 Å². The monoisotopic (exact) mass is 565 g/mol. The number of hydrogen-bond donors (Lipinski definition) is 0. The lowest BCUT2D eigenvalue weighted by molar-refractivity contribution is -0.130. The molecule has 5 aliphatic rings. The maximum absolute atomic E-state index is 14.0. The standard InChI is InChI=1S/C30H37F2N7O2/c1-18(31)29(40)38-10-8-25-27(38)16-39(25)28-23-7-9-37(26-13-33-12-19-5-3-4-6-22(19)26)15-24(23)34-30(35-28)41-17-21-11-20(32)14-36(21)2/h12-13,20-21,25,27H,1,3-11,14-17H2,2H3/t20-,21+,25-,27-/m1/s1. The molecule has 0 aromatic carbocycles. The largest absolute Gasteiger partial charge is 0.462 e. The second-order valence-electron chi connectivity index (χ2n) is 12.1. The third-order valence-corrected chi connectivity index (χ3v) is 9.71. The predicted molar refractivity (Wildman–Crippen MR) is 151 cm³/mol. The summed E-state index contributed by atoms with van der Waals surface area (Å²) in [5, 5.41) is 0. The lowest BCUT2D eigenvalue weighted by atomic mass is 9.91. The van der Waals surface area contributed by atoms with Crippen LogP contribution in [0.25, 0.3) is 0 Å². The molecule has 0 N–H and O–H groups in total. The first-order chi connectivity index (χ1) is 19.9. The van der Waals surface area contributed by atoms with E-state index in [1.807, 2.05) is 24.3 Å². The van der Waals surface area contributed by atoms with Crippen LogP contribution in [-0.2, 0) is 30.6 Å². The number of ether oxygens (including phenoxy) is 1. The second-order valence-corrected chi connectivity index (χ2v) is 12.1. The van der Waals surface area contributed by atoms with Gasteiger partial charge in [0.1, 0.15) is 18.6 Å². The van der Waals surface area contributed by atoms with E-state index < -0.39 is 17.9 Å². The number of aryl methyl sites for hydroxylation is 1. The molecule has 4 aliphatic heterocycles. The minimum atomic E-state index is -0.913. The molecule has 0 radical (unpaired) electrons. The molecule has 11 heteroatoms. The van der Waals surface area contributed by atoms with Crippen molar-refractivity contribution in [3.8, 4) is 6.01 Å². The van der Waals surface area contributed by atoms with Crippen molar-refractivity contribution in [1.82, 2.24) is 24.8 Å². The first-order valence-electron chi connectivity index (χ1n) is 14.9. The third-order valence-electron chi connectivity index (χ3n) is 9.71. The predicted octanol–water partition coefficient (Wildman–Crippen LogP) is 3.01. The smallest absolute Gasteiger partial charge is 0.318 e. The van der Waals surface area contributed by atoms with Crippen LogP contribution >= 0.6 is 0 Å². The highest BCUT2D eigenvalue weighted by Crippen LogP contribution is 2.41. The minimum absolute atomic E-state index is 0.0249. The molecule has 0 spiro atoms. The fraction of sp³-hybridized carbons (Fsp3) is 0.600. The fourth-order valence-electron chi connectivity index (χ4n) is 7.46. The molecule has 2 aromatic rings. The molecule has 1 aliphatic carbocycles. The molecule has 3 fully saturated rings. The highest BCUT2D eigenvalue weighted by molar-refractivity contribution is 5.91. The van der Waals surface area contributed by atoms with Gasteiger partial charge in [-0.3, -0.25) is 14.7 Å². The summed E-state index contributed by atoms with van der Waals surface area (Å²) < 4.78 is 33.8. The summed E-state index contributed by atoms with van der Waals surface area (Å²) in [7, 11) is 1.92. The molecule has 41 heavy (non-hydrogen) atoms. The number of nitrogens with zero attached hydrogens (tertiary/aromatic N) is 7. The highest BCUT2D eigenvalue weighted by Gasteiger charge is 2.50. The Morgan fingerprint density at radius 3 is 2.76 bits per heavy atom. The molecule has 7 rings (SSSR count). The Kier molecular flexibility index (Phi) is 6.79. The lowest BCUT2D eigenvalue weighted by Crippen LogP contribution is -2.63. The quantitative estimate of drug-likeness (QED) is 0.495. The Balaban J connectivity index is 1.18. The van der Waals surface area contributed by atoms with E-state index in [4.69, 9.17) is 14.7 Å². The van der Waals surface area contributed by atoms with E-state index in [1.54, 1.807) is 4.90 Å². The van der Waals surface area contributed by atoms with Crippen molar-refractivity contribution in [2.75, 3.05) is 49.6 Å². The van der Waals surface area contributed by atoms with Gasteiger partial charge in [-0.05, 0) is 63.1 Å². The zero-order chi connectivity index (χ0) is 28.2. The molecule has 3 saturated heterocycles. The van der Waals surface area contributed by atoms with Gasteiger partial charge < -0.3 is 19.4 Å². The summed E-state index contributed by atoms with van der Waals surface area (Å²) in [5.41, 5.74) is 5.98. The van der Waals surface area contributed by atoms with E-state index in [-0.39, 0.29) is 18.1 Å². The molecule has 2 aromatic heterocycles. The van der Waals surface area contributed by atoms with Crippen LogP contribution in [0.4, 0.5) is 20.3 Å². The van der Waals surface area contributed by atoms with E-state index in [9.17, 15) is 13.6 Å². The van der Waals surface area contributed by atoms with E-state index in [0.717, 1.165) is 49.3 Å². The number of fused-ring (bicyclic) bond motifs is 3. The Hall–Kier alpha value is -3.34. The summed E-state index contributed by atoms with van der Waals surface area (Å²) >= 11 is 0. The van der Waals surface area contributed by atoms with E-state index >= 15 is 0 Å². The number of hydrogen-bond acceptors (Lipinski definition) is 8. The molecule has 218 valence electrons. The van der Waals surface area contributed by atoms with Gasteiger partial charge in [0.05, 0.1) is 36.2 Å². The van der Waals surface area contributed by atoms with Crippen LogP contribution in [0, 0.1) is 0 Å². The minimum Gasteiger partial charge on any atom is -0.462 e. The van der Waals surface area contributed by atoms with Gasteiger partial charge in [-0.2, -0.15) is 9.97 Å². The first-order valence-corrected chi connectivity index (χ1v) is 14.9. The highest BCUT2D eigenvalue weighted by atomic mass is 19.1. The van der Waals surface area contributed by atoms with Gasteiger partial charge in [-0.1, -0.05) is 6.58 Å². The van der Waals surface area contributed by atoms with Crippen molar-refractivity contribution in [3.63, 3.8) is 0 Å². The van der Waals surface area contributed by atoms with Crippen LogP contribution in [0.5, 0.6) is 6.01 Å². The number of likely N-dealkylation sites (N-methyl/N-ethyl adjacent to an activating group) is 1. The normalized spacial score (nSPS) is 27.2. The number of rotatable bonds is 6. The topological polar surface area (TPSA) is 77.9 Å². The van der Waals surface area contributed by atoms with Crippen LogP contribution in [0.3, 0.4) is 0 Å². The Labute approximate surface area is 239 Å². The second kappa shape index (κ2) is 10.5. The molecule has 9 nitrogen and oxygen atoms in total. The first kappa shape index (κ1) is 26.6. The summed E-state index contributed by atoms with van der Waals surface area (Å²) in [6.45, 7) is 6.49. The summed E-state index contributed by atoms with van der Waals surface area (Å²) in [6.07, 6.45) is 9.67. The summed E-state index contributed by atoms with van der Waals surface area (Å²) in [4.78, 5) is 34.9. The molecule has 4 atom stereocenters. The van der Waals surface area contributed by atoms with Crippen molar-refractivity contribution >= 4 is 17.4 Å². The molecule has 6 heterocycles. The number of pyridine rings is 1. The van der Waals surface area contributed by atoms with Crippen molar-refractivity contribution in [2.24, 2.45) is 0 Å². The number of amides is 1. The van der Waals surface area contributed by atoms with Gasteiger partial charge in [0.15, 0.2) is 5.83 Å². The Bertz CT molecular complexity index is 1370. The van der Waals surface area contributed by atoms with Crippen LogP contribution in [0.2, 0.25) is 0 Å². The fourth-order valence-corrected chi connectivity index (χ4v) is 7.46. The van der Waals surface area contributed by atoms with E-state index in [2.05, 4.69) is 21.4 Å². The number of aromatic nitrogens is 3. The average molecular weight is 566 g/mol. The zero-order valence-corrected chi connectivity index (χ0v) is 23.6. The maximum atomic E-state index is 14.0. The third kappa shape index (κ3) is 4.71. The maximum Gasteiger partial charge on any atom is 0.318 e. The van der Waals surface area contributed by atoms with Crippen molar-refractivity contribution in [1.29, 1.82) is 0 Å². The number of halogens is 2. The van der Waals surface area contributed by atoms with Crippen molar-refractivity contribution in [2.45, 2.75) is 75.8 Å². The Morgan fingerprint density at radius 2 is 1.95 bits per heavy atom. The summed E-state index contributed by atoms with van der Waals surface area (Å²) in [6, 6.07) is 0.293. The van der Waals surface area contributed by atoms with Crippen molar-refractivity contribution in [3.05, 3.63) is 47.2 Å². The van der Waals surface area contributed by atoms with Crippen molar-refractivity contribution < 1.29 is 18.3 Å². The van der Waals surface area contributed by atoms with E-state index in [0.29, 0.717) is 45.2 Å². The van der Waals surface area contributed by atoms with Gasteiger partial charge in [0.2, 0.25) is 0 Å². The zero-order valence-electron chi connectivity index (χ0n) is 23.6. The van der Waals surface area contributed by atoms with Gasteiger partial charge in [-0.25, -0.2) is 8.78 Å². The molecular formula is C30H37F2N7O2. The van der Waals surface area contributed by atoms with Gasteiger partial charge in [0, 0.05) is 44.0 Å². The number of likely N-dealkylation sites (tertiary alicyclic amines) is 2. The molecule has 0 unspecified atom stereocenters. The number of alkyl halides is 1. The number of anilines is 2. The van der Waals surface area contributed by atoms with Gasteiger partial charge in [0.25, 0.3) is 5.91 Å². The Morgan fingerprint density at radius 1 is 1.10 bits per heavy atom. The van der Waals surface area contributed by atoms with Gasteiger partial charge in [-0.15, -0.1) is 0 Å². The van der Waals surface area contributed by atoms with Crippen LogP contribution < -0.4 is 14.5 Å². The summed E-state index contributed by atoms with van der Waals surface area (Å²) in [5.74, 6) is -0.687. The van der Waals surface area contributed by atoms with Crippen LogP contribution in [0.1, 0.15) is 48.1 Å². The molecular weight excluding hydrogens is 528 g/mol. The molecule has 1 amide bonds. The lowest BCUT2D eigenvalue weighted by Gasteiger charge is -2.48. The van der Waals surface area contributed by atoms with Crippen LogP contribution in [0.15, 0.2) is 24.8 Å². The molecule has 0 bridgehead atoms.